The molecule has 2 aromatic carbocycles. The third-order valence-electron chi connectivity index (χ3n) is 4.04. The van der Waals surface area contributed by atoms with Crippen molar-refractivity contribution in [3.05, 3.63) is 69.5 Å². The van der Waals surface area contributed by atoms with E-state index in [1.807, 2.05) is 25.1 Å². The van der Waals surface area contributed by atoms with Crippen molar-refractivity contribution in [3.63, 3.8) is 0 Å². The quantitative estimate of drug-likeness (QED) is 0.299. The number of esters is 1. The van der Waals surface area contributed by atoms with Crippen LogP contribution in [0.25, 0.3) is 17.1 Å². The van der Waals surface area contributed by atoms with Gasteiger partial charge in [-0.25, -0.2) is 9.78 Å². The molecule has 0 atom stereocenters. The van der Waals surface area contributed by atoms with E-state index in [9.17, 15) is 14.9 Å². The van der Waals surface area contributed by atoms with Crippen molar-refractivity contribution in [1.29, 1.82) is 0 Å². The Kier molecular flexibility index (Phi) is 5.16. The van der Waals surface area contributed by atoms with E-state index in [0.29, 0.717) is 23.6 Å². The molecule has 1 heterocycles. The molecule has 0 unspecified atom stereocenters. The molecule has 8 heteroatoms. The molecule has 0 aliphatic carbocycles. The Hall–Kier alpha value is -3.68. The van der Waals surface area contributed by atoms with Crippen LogP contribution in [0.3, 0.4) is 0 Å². The molecular formula is C19H18N4O4. The number of carbonyl (C=O) groups excluding carboxylic acids is 1. The van der Waals surface area contributed by atoms with Crippen molar-refractivity contribution in [3.8, 4) is 0 Å². The van der Waals surface area contributed by atoms with Gasteiger partial charge in [-0.2, -0.15) is 0 Å². The van der Waals surface area contributed by atoms with Crippen LogP contribution in [0.4, 0.5) is 11.4 Å². The fourth-order valence-electron chi connectivity index (χ4n) is 2.67. The van der Waals surface area contributed by atoms with Crippen LogP contribution in [0.15, 0.2) is 42.5 Å². The van der Waals surface area contributed by atoms with Gasteiger partial charge >= 0.3 is 5.97 Å². The van der Waals surface area contributed by atoms with Crippen LogP contribution in [0.1, 0.15) is 17.0 Å². The third-order valence-corrected chi connectivity index (χ3v) is 4.04. The first kappa shape index (κ1) is 18.1. The summed E-state index contributed by atoms with van der Waals surface area (Å²) in [5.74, 6) is 0.156. The number of nitro benzene ring substituents is 1. The molecule has 8 nitrogen and oxygen atoms in total. The van der Waals surface area contributed by atoms with Gasteiger partial charge in [0, 0.05) is 12.1 Å². The number of nitrogens with zero attached hydrogens (tertiary/aromatic N) is 2. The first-order valence-corrected chi connectivity index (χ1v) is 8.20. The van der Waals surface area contributed by atoms with Gasteiger partial charge in [-0.15, -0.1) is 0 Å². The van der Waals surface area contributed by atoms with Crippen molar-refractivity contribution in [2.75, 3.05) is 12.4 Å². The lowest BCUT2D eigenvalue weighted by Gasteiger charge is -2.06. The van der Waals surface area contributed by atoms with Gasteiger partial charge < -0.3 is 15.0 Å². The number of rotatable bonds is 6. The number of nitrogens with one attached hydrogen (secondary N) is 2. The maximum atomic E-state index is 11.4. The number of carbonyl (C=O) groups is 1. The average molecular weight is 366 g/mol. The molecule has 1 aromatic heterocycles. The zero-order chi connectivity index (χ0) is 19.4. The number of aromatic nitrogens is 2. The molecule has 27 heavy (non-hydrogen) atoms. The molecule has 0 aliphatic heterocycles. The monoisotopic (exact) mass is 366 g/mol. The maximum absolute atomic E-state index is 11.4. The number of aryl methyl sites for hydroxylation is 1. The Bertz CT molecular complexity index is 1040. The van der Waals surface area contributed by atoms with E-state index in [0.717, 1.165) is 16.6 Å². The number of aromatic amines is 1. The van der Waals surface area contributed by atoms with Crippen LogP contribution < -0.4 is 5.32 Å². The van der Waals surface area contributed by atoms with Gasteiger partial charge in [0.15, 0.2) is 0 Å². The second-order valence-corrected chi connectivity index (χ2v) is 5.90. The van der Waals surface area contributed by atoms with E-state index in [2.05, 4.69) is 20.0 Å². The Morgan fingerprint density at radius 1 is 1.37 bits per heavy atom. The Balaban J connectivity index is 1.80. The maximum Gasteiger partial charge on any atom is 0.330 e. The summed E-state index contributed by atoms with van der Waals surface area (Å²) in [7, 11) is 1.27. The predicted octanol–water partition coefficient (Wildman–Crippen LogP) is 3.58. The van der Waals surface area contributed by atoms with Crippen LogP contribution in [0, 0.1) is 17.0 Å². The largest absolute Gasteiger partial charge is 0.466 e. The van der Waals surface area contributed by atoms with E-state index in [1.165, 1.54) is 25.3 Å². The molecule has 0 bridgehead atoms. The fourth-order valence-corrected chi connectivity index (χ4v) is 2.67. The van der Waals surface area contributed by atoms with E-state index in [4.69, 9.17) is 0 Å². The highest BCUT2D eigenvalue weighted by atomic mass is 16.6. The van der Waals surface area contributed by atoms with Crippen LogP contribution in [-0.2, 0) is 16.1 Å². The van der Waals surface area contributed by atoms with Gasteiger partial charge in [0.1, 0.15) is 11.5 Å². The highest BCUT2D eigenvalue weighted by molar-refractivity contribution is 5.87. The third kappa shape index (κ3) is 4.12. The minimum atomic E-state index is -0.528. The first-order chi connectivity index (χ1) is 13.0. The number of ether oxygens (including phenoxy) is 1. The van der Waals surface area contributed by atoms with Gasteiger partial charge in [-0.05, 0) is 36.3 Å². The van der Waals surface area contributed by atoms with Crippen molar-refractivity contribution in [2.24, 2.45) is 0 Å². The molecule has 138 valence electrons. The van der Waals surface area contributed by atoms with Crippen molar-refractivity contribution >= 4 is 34.5 Å². The molecule has 3 aromatic rings. The average Bonchev–Trinajstić information content (AvgIpc) is 3.09. The number of anilines is 1. The Morgan fingerprint density at radius 3 is 2.89 bits per heavy atom. The summed E-state index contributed by atoms with van der Waals surface area (Å²) in [6.07, 6.45) is 2.67. The summed E-state index contributed by atoms with van der Waals surface area (Å²) in [5, 5.41) is 14.4. The van der Waals surface area contributed by atoms with Crippen molar-refractivity contribution in [2.45, 2.75) is 13.5 Å². The molecule has 0 aliphatic rings. The summed E-state index contributed by atoms with van der Waals surface area (Å²) in [5.41, 5.74) is 3.66. The lowest BCUT2D eigenvalue weighted by Crippen LogP contribution is -2.04. The standard InChI is InChI=1S/C19H18N4O4/c1-12-4-3-5-15-19(12)22-17(21-15)11-20-14-8-6-13(7-9-18(24)27-2)10-16(14)23(25)26/h3-10,20H,11H2,1-2H3,(H,21,22)/b9-7+. The smallest absolute Gasteiger partial charge is 0.330 e. The number of para-hydroxylation sites is 1. The van der Waals surface area contributed by atoms with Crippen LogP contribution in [-0.4, -0.2) is 28.0 Å². The molecule has 0 fully saturated rings. The van der Waals surface area contributed by atoms with E-state index < -0.39 is 10.9 Å². The second-order valence-electron chi connectivity index (χ2n) is 5.90. The SMILES string of the molecule is COC(=O)/C=C/c1ccc(NCc2nc3c(C)cccc3[nH]2)c([N+](=O)[O-])c1. The number of nitro groups is 1. The molecule has 2 N–H and O–H groups in total. The Labute approximate surface area is 155 Å². The van der Waals surface area contributed by atoms with Gasteiger partial charge in [0.25, 0.3) is 5.69 Å². The van der Waals surface area contributed by atoms with E-state index >= 15 is 0 Å². The molecular weight excluding hydrogens is 348 g/mol. The topological polar surface area (TPSA) is 110 Å². The zero-order valence-electron chi connectivity index (χ0n) is 14.9. The molecule has 3 rings (SSSR count). The van der Waals surface area contributed by atoms with Gasteiger partial charge in [0.05, 0.1) is 29.6 Å². The lowest BCUT2D eigenvalue weighted by atomic mass is 10.1. The zero-order valence-corrected chi connectivity index (χ0v) is 14.9. The summed E-state index contributed by atoms with van der Waals surface area (Å²) in [4.78, 5) is 29.8. The number of benzene rings is 2. The molecule has 0 saturated heterocycles. The van der Waals surface area contributed by atoms with Gasteiger partial charge in [-0.1, -0.05) is 18.2 Å². The number of imidazole rings is 1. The summed E-state index contributed by atoms with van der Waals surface area (Å²) in [6.45, 7) is 2.29. The minimum absolute atomic E-state index is 0.0886. The predicted molar refractivity (Wildman–Crippen MR) is 102 cm³/mol. The normalized spacial score (nSPS) is 11.0. The molecule has 0 amide bonds. The summed E-state index contributed by atoms with van der Waals surface area (Å²) >= 11 is 0. The highest BCUT2D eigenvalue weighted by Gasteiger charge is 2.15. The van der Waals surface area contributed by atoms with E-state index in [-0.39, 0.29) is 5.69 Å². The van der Waals surface area contributed by atoms with Gasteiger partial charge in [0.2, 0.25) is 0 Å². The highest BCUT2D eigenvalue weighted by Crippen LogP contribution is 2.27. The number of hydrogen-bond acceptors (Lipinski definition) is 6. The molecule has 0 radical (unpaired) electrons. The van der Waals surface area contributed by atoms with Crippen molar-refractivity contribution in [1.82, 2.24) is 9.97 Å². The van der Waals surface area contributed by atoms with Crippen LogP contribution in [0.5, 0.6) is 0 Å². The second kappa shape index (κ2) is 7.69. The summed E-state index contributed by atoms with van der Waals surface area (Å²) in [6, 6.07) is 10.5. The van der Waals surface area contributed by atoms with Crippen LogP contribution in [0.2, 0.25) is 0 Å². The first-order valence-electron chi connectivity index (χ1n) is 8.20. The number of methoxy groups -OCH3 is 1. The minimum Gasteiger partial charge on any atom is -0.466 e. The number of hydrogen-bond donors (Lipinski definition) is 2. The van der Waals surface area contributed by atoms with Gasteiger partial charge in [-0.3, -0.25) is 10.1 Å². The summed E-state index contributed by atoms with van der Waals surface area (Å²) < 4.78 is 4.51. The lowest BCUT2D eigenvalue weighted by molar-refractivity contribution is -0.384. The Morgan fingerprint density at radius 2 is 2.19 bits per heavy atom. The number of fused-ring (bicyclic) bond motifs is 1. The molecule has 0 spiro atoms. The van der Waals surface area contributed by atoms with Crippen LogP contribution >= 0.6 is 0 Å². The fraction of sp³-hybridized carbons (Fsp3) is 0.158. The number of H-pyrrole nitrogens is 1. The van der Waals surface area contributed by atoms with E-state index in [1.54, 1.807) is 12.1 Å². The van der Waals surface area contributed by atoms with Crippen molar-refractivity contribution < 1.29 is 14.5 Å². The molecule has 0 saturated carbocycles.